The molecule has 0 amide bonds. The van der Waals surface area contributed by atoms with Gasteiger partial charge in [0.15, 0.2) is 17.3 Å². The zero-order valence-electron chi connectivity index (χ0n) is 18.5. The third kappa shape index (κ3) is 5.19. The average molecular weight is 424 g/mol. The highest BCUT2D eigenvalue weighted by molar-refractivity contribution is 5.44. The Morgan fingerprint density at radius 3 is 2.61 bits per heavy atom. The van der Waals surface area contributed by atoms with E-state index in [2.05, 4.69) is 37.1 Å². The first kappa shape index (κ1) is 21.2. The van der Waals surface area contributed by atoms with Crippen molar-refractivity contribution >= 4 is 0 Å². The molecule has 0 aliphatic carbocycles. The van der Waals surface area contributed by atoms with E-state index in [1.54, 1.807) is 19.5 Å². The Kier molecular flexibility index (Phi) is 6.46. The molecule has 0 radical (unpaired) electrons. The van der Waals surface area contributed by atoms with Crippen LogP contribution in [0, 0.1) is 6.92 Å². The molecule has 0 saturated carbocycles. The second kappa shape index (κ2) is 9.43. The molecule has 2 aromatic heterocycles. The van der Waals surface area contributed by atoms with Crippen LogP contribution in [0.25, 0.3) is 11.6 Å². The third-order valence-corrected chi connectivity index (χ3v) is 5.39. The van der Waals surface area contributed by atoms with E-state index in [4.69, 9.17) is 14.0 Å². The van der Waals surface area contributed by atoms with Crippen LogP contribution >= 0.6 is 0 Å². The lowest BCUT2D eigenvalue weighted by molar-refractivity contribution is 0.199. The fourth-order valence-electron chi connectivity index (χ4n) is 3.78. The summed E-state index contributed by atoms with van der Waals surface area (Å²) in [5, 5.41) is 4.20. The number of aryl methyl sites for hydroxylation is 1. The smallest absolute Gasteiger partial charge is 0.278 e. The summed E-state index contributed by atoms with van der Waals surface area (Å²) in [5.74, 6) is 3.04. The molecule has 0 spiro atoms. The third-order valence-electron chi connectivity index (χ3n) is 5.39. The van der Waals surface area contributed by atoms with Gasteiger partial charge in [-0.3, -0.25) is 9.88 Å². The van der Waals surface area contributed by atoms with Crippen LogP contribution in [0.4, 0.5) is 0 Å². The van der Waals surface area contributed by atoms with Gasteiger partial charge in [0.1, 0.15) is 5.69 Å². The summed E-state index contributed by atoms with van der Waals surface area (Å²) in [6, 6.07) is 6.17. The molecule has 3 heterocycles. The summed E-state index contributed by atoms with van der Waals surface area (Å²) in [6.45, 7) is 8.77. The highest BCUT2D eigenvalue weighted by Gasteiger charge is 2.25. The number of likely N-dealkylation sites (tertiary alicyclic amines) is 1. The molecule has 0 N–H and O–H groups in total. The first-order chi connectivity index (χ1) is 15.0. The molecule has 1 aliphatic rings. The Balaban J connectivity index is 1.35. The number of aromatic nitrogens is 4. The van der Waals surface area contributed by atoms with E-state index in [0.29, 0.717) is 17.5 Å². The van der Waals surface area contributed by atoms with Gasteiger partial charge in [-0.2, -0.15) is 4.98 Å². The predicted molar refractivity (Wildman–Crippen MR) is 116 cm³/mol. The standard InChI is InChI=1S/C23H29N5O3/c1-15(2)30-21-11-17(5-6-20(21)29-4)14-28-9-7-18(8-10-28)22-26-23(31-27-22)19-13-24-16(3)12-25-19/h5-6,11-13,15,18H,7-10,14H2,1-4H3. The topological polar surface area (TPSA) is 86.4 Å². The minimum Gasteiger partial charge on any atom is -0.493 e. The summed E-state index contributed by atoms with van der Waals surface area (Å²) in [4.78, 5) is 15.6. The number of hydrogen-bond acceptors (Lipinski definition) is 8. The average Bonchev–Trinajstić information content (AvgIpc) is 3.25. The molecular formula is C23H29N5O3. The number of piperidine rings is 1. The zero-order valence-corrected chi connectivity index (χ0v) is 18.5. The molecule has 3 aromatic rings. The van der Waals surface area contributed by atoms with E-state index >= 15 is 0 Å². The van der Waals surface area contributed by atoms with E-state index in [1.165, 1.54) is 5.56 Å². The molecule has 164 valence electrons. The van der Waals surface area contributed by atoms with Gasteiger partial charge < -0.3 is 14.0 Å². The SMILES string of the molecule is COc1ccc(CN2CCC(c3noc(-c4cnc(C)cn4)n3)CC2)cc1OC(C)C. The van der Waals surface area contributed by atoms with Crippen LogP contribution in [0.5, 0.6) is 11.5 Å². The number of methoxy groups -OCH3 is 1. The number of ether oxygens (including phenoxy) is 2. The monoisotopic (exact) mass is 423 g/mol. The Labute approximate surface area is 182 Å². The van der Waals surface area contributed by atoms with Crippen LogP contribution in [-0.2, 0) is 6.54 Å². The van der Waals surface area contributed by atoms with Gasteiger partial charge in [-0.05, 0) is 64.4 Å². The summed E-state index contributed by atoms with van der Waals surface area (Å²) in [7, 11) is 1.67. The van der Waals surface area contributed by atoms with Gasteiger partial charge >= 0.3 is 0 Å². The Hall–Kier alpha value is -3.00. The minimum atomic E-state index is 0.102. The van der Waals surface area contributed by atoms with E-state index in [-0.39, 0.29) is 6.10 Å². The maximum Gasteiger partial charge on any atom is 0.278 e. The number of rotatable bonds is 7. The maximum absolute atomic E-state index is 5.91. The van der Waals surface area contributed by atoms with Crippen molar-refractivity contribution in [1.82, 2.24) is 25.0 Å². The van der Waals surface area contributed by atoms with Gasteiger partial charge in [0.25, 0.3) is 5.89 Å². The predicted octanol–water partition coefficient (Wildman–Crippen LogP) is 4.01. The molecule has 31 heavy (non-hydrogen) atoms. The van der Waals surface area contributed by atoms with Crippen molar-refractivity contribution in [3.05, 3.63) is 47.7 Å². The van der Waals surface area contributed by atoms with Crippen molar-refractivity contribution in [2.24, 2.45) is 0 Å². The van der Waals surface area contributed by atoms with Crippen LogP contribution in [0.15, 0.2) is 35.1 Å². The van der Waals surface area contributed by atoms with Crippen molar-refractivity contribution in [2.75, 3.05) is 20.2 Å². The van der Waals surface area contributed by atoms with Crippen molar-refractivity contribution < 1.29 is 14.0 Å². The van der Waals surface area contributed by atoms with Crippen molar-refractivity contribution in [1.29, 1.82) is 0 Å². The first-order valence-electron chi connectivity index (χ1n) is 10.7. The second-order valence-electron chi connectivity index (χ2n) is 8.20. The lowest BCUT2D eigenvalue weighted by Gasteiger charge is -2.30. The maximum atomic E-state index is 5.91. The quantitative estimate of drug-likeness (QED) is 0.563. The van der Waals surface area contributed by atoms with Gasteiger partial charge in [-0.1, -0.05) is 11.2 Å². The van der Waals surface area contributed by atoms with Gasteiger partial charge in [0.05, 0.1) is 25.1 Å². The van der Waals surface area contributed by atoms with Crippen molar-refractivity contribution in [3.63, 3.8) is 0 Å². The molecule has 0 atom stereocenters. The van der Waals surface area contributed by atoms with Crippen LogP contribution in [-0.4, -0.2) is 51.3 Å². The van der Waals surface area contributed by atoms with Gasteiger partial charge in [-0.15, -0.1) is 0 Å². The normalized spacial score (nSPS) is 15.4. The van der Waals surface area contributed by atoms with Crippen molar-refractivity contribution in [3.8, 4) is 23.1 Å². The summed E-state index contributed by atoms with van der Waals surface area (Å²) < 4.78 is 16.8. The largest absolute Gasteiger partial charge is 0.493 e. The number of nitrogens with zero attached hydrogens (tertiary/aromatic N) is 5. The van der Waals surface area contributed by atoms with Crippen LogP contribution in [0.1, 0.15) is 49.7 Å². The van der Waals surface area contributed by atoms with E-state index in [1.807, 2.05) is 26.8 Å². The fourth-order valence-corrected chi connectivity index (χ4v) is 3.78. The summed E-state index contributed by atoms with van der Waals surface area (Å²) in [6.07, 6.45) is 5.45. The number of benzene rings is 1. The minimum absolute atomic E-state index is 0.102. The molecule has 0 bridgehead atoms. The van der Waals surface area contributed by atoms with Gasteiger partial charge in [-0.25, -0.2) is 4.98 Å². The van der Waals surface area contributed by atoms with Gasteiger partial charge in [0.2, 0.25) is 0 Å². The van der Waals surface area contributed by atoms with Crippen molar-refractivity contribution in [2.45, 2.75) is 52.2 Å². The Bertz CT molecular complexity index is 995. The van der Waals surface area contributed by atoms with E-state index < -0.39 is 0 Å². The van der Waals surface area contributed by atoms with Crippen LogP contribution in [0.2, 0.25) is 0 Å². The lowest BCUT2D eigenvalue weighted by atomic mass is 9.96. The van der Waals surface area contributed by atoms with Crippen LogP contribution < -0.4 is 9.47 Å². The Morgan fingerprint density at radius 1 is 1.13 bits per heavy atom. The lowest BCUT2D eigenvalue weighted by Crippen LogP contribution is -2.32. The first-order valence-corrected chi connectivity index (χ1v) is 10.7. The molecule has 1 saturated heterocycles. The molecule has 1 aliphatic heterocycles. The Morgan fingerprint density at radius 2 is 1.94 bits per heavy atom. The molecule has 4 rings (SSSR count). The van der Waals surface area contributed by atoms with Crippen LogP contribution in [0.3, 0.4) is 0 Å². The molecule has 0 unspecified atom stereocenters. The van der Waals surface area contributed by atoms with Gasteiger partial charge in [0, 0.05) is 18.7 Å². The fraction of sp³-hybridized carbons (Fsp3) is 0.478. The molecule has 1 aromatic carbocycles. The second-order valence-corrected chi connectivity index (χ2v) is 8.20. The number of hydrogen-bond donors (Lipinski definition) is 0. The zero-order chi connectivity index (χ0) is 21.8. The highest BCUT2D eigenvalue weighted by Crippen LogP contribution is 2.31. The molecule has 1 fully saturated rings. The van der Waals surface area contributed by atoms with E-state index in [9.17, 15) is 0 Å². The summed E-state index contributed by atoms with van der Waals surface area (Å²) >= 11 is 0. The molecule has 8 nitrogen and oxygen atoms in total. The molecule has 8 heteroatoms. The molecular weight excluding hydrogens is 394 g/mol. The van der Waals surface area contributed by atoms with E-state index in [0.717, 1.165) is 55.5 Å². The summed E-state index contributed by atoms with van der Waals surface area (Å²) in [5.41, 5.74) is 2.69. The highest BCUT2D eigenvalue weighted by atomic mass is 16.5.